The van der Waals surface area contributed by atoms with E-state index < -0.39 is 15.4 Å². The van der Waals surface area contributed by atoms with Crippen LogP contribution in [0.5, 0.6) is 0 Å². The molecule has 0 radical (unpaired) electrons. The number of hydrogen-bond donors (Lipinski definition) is 1. The number of fused-ring (bicyclic) bond motifs is 1. The van der Waals surface area contributed by atoms with Crippen molar-refractivity contribution in [3.63, 3.8) is 0 Å². The van der Waals surface area contributed by atoms with E-state index in [4.69, 9.17) is 8.94 Å². The van der Waals surface area contributed by atoms with Crippen LogP contribution >= 0.6 is 0 Å². The highest BCUT2D eigenvalue weighted by molar-refractivity contribution is 7.89. The topological polar surface area (TPSA) is 119 Å². The number of hydrogen-bond acceptors (Lipinski definition) is 7. The van der Waals surface area contributed by atoms with Gasteiger partial charge in [0.2, 0.25) is 15.9 Å². The molecule has 3 heterocycles. The number of nitrogens with zero attached hydrogens (tertiary/aromatic N) is 3. The molecule has 2 aliphatic rings. The van der Waals surface area contributed by atoms with Gasteiger partial charge in [0.25, 0.3) is 5.91 Å². The van der Waals surface area contributed by atoms with Crippen LogP contribution in [0.25, 0.3) is 0 Å². The number of likely N-dealkylation sites (tertiary alicyclic amines) is 1. The number of rotatable bonds is 5. The third-order valence-electron chi connectivity index (χ3n) is 5.61. The fourth-order valence-corrected chi connectivity index (χ4v) is 5.21. The Bertz CT molecular complexity index is 938. The van der Waals surface area contributed by atoms with Crippen molar-refractivity contribution in [1.82, 2.24) is 19.8 Å². The first kappa shape index (κ1) is 18.2. The highest BCUT2D eigenvalue weighted by atomic mass is 32.2. The molecule has 2 fully saturated rings. The van der Waals surface area contributed by atoms with Gasteiger partial charge in [-0.15, -0.1) is 0 Å². The SMILES string of the molecule is CCS(=O)(=O)N[C@@H]1CC2CN(C(=O)c3ccoc3)C[C@@]2(c2nc(C)no2)C1. The van der Waals surface area contributed by atoms with Gasteiger partial charge < -0.3 is 13.8 Å². The summed E-state index contributed by atoms with van der Waals surface area (Å²) in [5.41, 5.74) is -0.0447. The Morgan fingerprint density at radius 1 is 1.48 bits per heavy atom. The monoisotopic (exact) mass is 394 g/mol. The minimum atomic E-state index is -3.31. The molecule has 1 saturated carbocycles. The van der Waals surface area contributed by atoms with E-state index in [1.54, 1.807) is 24.8 Å². The molecule has 0 bridgehead atoms. The van der Waals surface area contributed by atoms with Crippen molar-refractivity contribution in [2.24, 2.45) is 5.92 Å². The van der Waals surface area contributed by atoms with Crippen LogP contribution < -0.4 is 4.72 Å². The number of amides is 1. The predicted molar refractivity (Wildman–Crippen MR) is 94.4 cm³/mol. The Morgan fingerprint density at radius 3 is 2.93 bits per heavy atom. The summed E-state index contributed by atoms with van der Waals surface area (Å²) in [5.74, 6) is 0.963. The molecule has 1 aliphatic heterocycles. The van der Waals surface area contributed by atoms with Crippen LogP contribution in [0.1, 0.15) is 41.8 Å². The molecule has 27 heavy (non-hydrogen) atoms. The number of aryl methyl sites for hydroxylation is 1. The first-order chi connectivity index (χ1) is 12.8. The third kappa shape index (κ3) is 3.16. The molecular weight excluding hydrogens is 372 g/mol. The van der Waals surface area contributed by atoms with Gasteiger partial charge in [0.05, 0.1) is 23.0 Å². The molecule has 0 aromatic carbocycles. The molecule has 1 saturated heterocycles. The summed E-state index contributed by atoms with van der Waals surface area (Å²) in [7, 11) is -3.31. The Hall–Kier alpha value is -2.20. The van der Waals surface area contributed by atoms with Crippen molar-refractivity contribution >= 4 is 15.9 Å². The first-order valence-electron chi connectivity index (χ1n) is 8.95. The molecule has 3 atom stereocenters. The molecule has 0 spiro atoms. The van der Waals surface area contributed by atoms with Gasteiger partial charge in [0.15, 0.2) is 5.82 Å². The molecule has 146 valence electrons. The summed E-state index contributed by atoms with van der Waals surface area (Å²) in [6.07, 6.45) is 4.04. The minimum absolute atomic E-state index is 0.0337. The lowest BCUT2D eigenvalue weighted by Gasteiger charge is -2.25. The van der Waals surface area contributed by atoms with E-state index in [0.29, 0.717) is 43.2 Å². The van der Waals surface area contributed by atoms with E-state index in [2.05, 4.69) is 14.9 Å². The number of carbonyl (C=O) groups excluding carboxylic acids is 1. The second kappa shape index (κ2) is 6.45. The Kier molecular flexibility index (Phi) is 4.34. The third-order valence-corrected chi connectivity index (χ3v) is 7.06. The van der Waals surface area contributed by atoms with E-state index in [1.807, 2.05) is 0 Å². The van der Waals surface area contributed by atoms with Crippen molar-refractivity contribution in [3.8, 4) is 0 Å². The Balaban J connectivity index is 1.62. The number of nitrogens with one attached hydrogen (secondary N) is 1. The van der Waals surface area contributed by atoms with Crippen molar-refractivity contribution in [3.05, 3.63) is 35.9 Å². The summed E-state index contributed by atoms with van der Waals surface area (Å²) in [6, 6.07) is 1.43. The maximum absolute atomic E-state index is 12.8. The predicted octanol–water partition coefficient (Wildman–Crippen LogP) is 1.08. The zero-order valence-corrected chi connectivity index (χ0v) is 16.0. The van der Waals surface area contributed by atoms with Crippen molar-refractivity contribution < 1.29 is 22.2 Å². The summed E-state index contributed by atoms with van der Waals surface area (Å²) in [5, 5.41) is 3.91. The maximum Gasteiger partial charge on any atom is 0.257 e. The largest absolute Gasteiger partial charge is 0.472 e. The molecular formula is C17H22N4O5S. The number of sulfonamides is 1. The number of aromatic nitrogens is 2. The van der Waals surface area contributed by atoms with Gasteiger partial charge in [-0.05, 0) is 38.7 Å². The van der Waals surface area contributed by atoms with Gasteiger partial charge in [-0.3, -0.25) is 4.79 Å². The van der Waals surface area contributed by atoms with Crippen LogP contribution in [0.3, 0.4) is 0 Å². The van der Waals surface area contributed by atoms with Crippen LogP contribution in [-0.4, -0.2) is 54.2 Å². The van der Waals surface area contributed by atoms with Gasteiger partial charge in [-0.25, -0.2) is 13.1 Å². The molecule has 2 aromatic rings. The van der Waals surface area contributed by atoms with Gasteiger partial charge in [0.1, 0.15) is 6.26 Å². The van der Waals surface area contributed by atoms with Crippen LogP contribution in [-0.2, 0) is 15.4 Å². The van der Waals surface area contributed by atoms with Crippen molar-refractivity contribution in [2.75, 3.05) is 18.8 Å². The van der Waals surface area contributed by atoms with Crippen LogP contribution in [0.4, 0.5) is 0 Å². The molecule has 1 unspecified atom stereocenters. The fraction of sp³-hybridized carbons (Fsp3) is 0.588. The molecule has 1 N–H and O–H groups in total. The lowest BCUT2D eigenvalue weighted by Crippen LogP contribution is -2.39. The average Bonchev–Trinajstić information content (AvgIpc) is 3.36. The van der Waals surface area contributed by atoms with Crippen molar-refractivity contribution in [2.45, 2.75) is 38.1 Å². The maximum atomic E-state index is 12.8. The van der Waals surface area contributed by atoms with E-state index in [9.17, 15) is 13.2 Å². The zero-order chi connectivity index (χ0) is 19.2. The second-order valence-electron chi connectivity index (χ2n) is 7.36. The minimum Gasteiger partial charge on any atom is -0.472 e. The highest BCUT2D eigenvalue weighted by Gasteiger charge is 2.58. The van der Waals surface area contributed by atoms with Gasteiger partial charge in [-0.2, -0.15) is 4.98 Å². The lowest BCUT2D eigenvalue weighted by molar-refractivity contribution is 0.0772. The lowest BCUT2D eigenvalue weighted by atomic mass is 9.80. The Morgan fingerprint density at radius 2 is 2.30 bits per heavy atom. The highest BCUT2D eigenvalue weighted by Crippen LogP contribution is 2.50. The average molecular weight is 394 g/mol. The molecule has 9 nitrogen and oxygen atoms in total. The van der Waals surface area contributed by atoms with Crippen LogP contribution in [0.2, 0.25) is 0 Å². The Labute approximate surface area is 157 Å². The number of furan rings is 1. The van der Waals surface area contributed by atoms with Gasteiger partial charge in [-0.1, -0.05) is 5.16 Å². The van der Waals surface area contributed by atoms with Gasteiger partial charge >= 0.3 is 0 Å². The van der Waals surface area contributed by atoms with Gasteiger partial charge in [0, 0.05) is 19.1 Å². The summed E-state index contributed by atoms with van der Waals surface area (Å²) in [6.45, 7) is 4.28. The van der Waals surface area contributed by atoms with Crippen LogP contribution in [0, 0.1) is 12.8 Å². The van der Waals surface area contributed by atoms with E-state index >= 15 is 0 Å². The molecule has 4 rings (SSSR count). The number of carbonyl (C=O) groups is 1. The second-order valence-corrected chi connectivity index (χ2v) is 9.40. The fourth-order valence-electron chi connectivity index (χ4n) is 4.35. The standard InChI is InChI=1S/C17H22N4O5S/c1-3-27(23,24)20-14-6-13-8-21(15(22)12-4-5-25-9-12)10-17(13,7-14)16-18-11(2)19-26-16/h4-5,9,13-14,20H,3,6-8,10H2,1-2H3/t13?,14-,17+/m1/s1. The quantitative estimate of drug-likeness (QED) is 0.806. The van der Waals surface area contributed by atoms with Crippen LogP contribution in [0.15, 0.2) is 27.5 Å². The normalized spacial score (nSPS) is 27.9. The molecule has 10 heteroatoms. The smallest absolute Gasteiger partial charge is 0.257 e. The van der Waals surface area contributed by atoms with E-state index in [0.717, 1.165) is 0 Å². The first-order valence-corrected chi connectivity index (χ1v) is 10.6. The zero-order valence-electron chi connectivity index (χ0n) is 15.2. The summed E-state index contributed by atoms with van der Waals surface area (Å²) < 4.78 is 37.3. The van der Waals surface area contributed by atoms with E-state index in [1.165, 1.54) is 12.5 Å². The summed E-state index contributed by atoms with van der Waals surface area (Å²) in [4.78, 5) is 18.9. The molecule has 2 aromatic heterocycles. The van der Waals surface area contributed by atoms with Crippen molar-refractivity contribution in [1.29, 1.82) is 0 Å². The molecule has 1 amide bonds. The molecule has 1 aliphatic carbocycles. The summed E-state index contributed by atoms with van der Waals surface area (Å²) >= 11 is 0. The van der Waals surface area contributed by atoms with E-state index in [-0.39, 0.29) is 23.6 Å².